The number of nitrogens with zero attached hydrogens (tertiary/aromatic N) is 3. The Labute approximate surface area is 146 Å². The SMILES string of the molecule is CN(c1ncnc2[nH]ccc12)[C@H]1C[C@@H](CSCc2ccccc2)C1. The van der Waals surface area contributed by atoms with E-state index in [1.54, 1.807) is 6.33 Å². The van der Waals surface area contributed by atoms with Crippen LogP contribution >= 0.6 is 11.8 Å². The van der Waals surface area contributed by atoms with Crippen LogP contribution in [-0.4, -0.2) is 33.8 Å². The Bertz CT molecular complexity index is 795. The Morgan fingerprint density at radius 1 is 1.17 bits per heavy atom. The van der Waals surface area contributed by atoms with Gasteiger partial charge in [0.1, 0.15) is 17.8 Å². The molecule has 1 aliphatic carbocycles. The number of thioether (sulfide) groups is 1. The summed E-state index contributed by atoms with van der Waals surface area (Å²) in [5.74, 6) is 4.24. The van der Waals surface area contributed by atoms with E-state index in [1.165, 1.54) is 24.2 Å². The summed E-state index contributed by atoms with van der Waals surface area (Å²) < 4.78 is 0. The molecule has 1 aliphatic rings. The quantitative estimate of drug-likeness (QED) is 0.735. The van der Waals surface area contributed by atoms with E-state index in [0.29, 0.717) is 6.04 Å². The molecular weight excluding hydrogens is 316 g/mol. The van der Waals surface area contributed by atoms with Crippen molar-refractivity contribution in [1.29, 1.82) is 0 Å². The van der Waals surface area contributed by atoms with Gasteiger partial charge in [0.05, 0.1) is 5.39 Å². The van der Waals surface area contributed by atoms with Crippen molar-refractivity contribution < 1.29 is 0 Å². The van der Waals surface area contributed by atoms with Gasteiger partial charge in [-0.25, -0.2) is 9.97 Å². The normalized spacial score (nSPS) is 20.0. The summed E-state index contributed by atoms with van der Waals surface area (Å²) in [6, 6.07) is 13.4. The first-order valence-electron chi connectivity index (χ1n) is 8.44. The zero-order valence-corrected chi connectivity index (χ0v) is 14.7. The topological polar surface area (TPSA) is 44.8 Å². The van der Waals surface area contributed by atoms with Crippen LogP contribution in [0.5, 0.6) is 0 Å². The third-order valence-corrected chi connectivity index (χ3v) is 6.14. The number of fused-ring (bicyclic) bond motifs is 1. The molecule has 0 bridgehead atoms. The second kappa shape index (κ2) is 6.85. The van der Waals surface area contributed by atoms with Gasteiger partial charge in [-0.2, -0.15) is 11.8 Å². The maximum Gasteiger partial charge on any atom is 0.142 e. The van der Waals surface area contributed by atoms with E-state index < -0.39 is 0 Å². The van der Waals surface area contributed by atoms with E-state index in [-0.39, 0.29) is 0 Å². The van der Waals surface area contributed by atoms with Gasteiger partial charge < -0.3 is 9.88 Å². The number of rotatable bonds is 6. The minimum absolute atomic E-state index is 0.598. The second-order valence-corrected chi connectivity index (χ2v) is 7.57. The summed E-state index contributed by atoms with van der Waals surface area (Å²) in [4.78, 5) is 14.3. The number of aromatic amines is 1. The molecule has 24 heavy (non-hydrogen) atoms. The van der Waals surface area contributed by atoms with Crippen LogP contribution in [0, 0.1) is 5.92 Å². The van der Waals surface area contributed by atoms with Gasteiger partial charge in [0, 0.05) is 25.0 Å². The molecule has 124 valence electrons. The zero-order valence-electron chi connectivity index (χ0n) is 13.9. The van der Waals surface area contributed by atoms with Crippen LogP contribution in [0.2, 0.25) is 0 Å². The fraction of sp³-hybridized carbons (Fsp3) is 0.368. The first-order valence-corrected chi connectivity index (χ1v) is 9.59. The maximum absolute atomic E-state index is 4.50. The highest BCUT2D eigenvalue weighted by Crippen LogP contribution is 2.37. The predicted molar refractivity (Wildman–Crippen MR) is 101 cm³/mol. The van der Waals surface area contributed by atoms with Crippen molar-refractivity contribution >= 4 is 28.6 Å². The highest BCUT2D eigenvalue weighted by Gasteiger charge is 2.33. The van der Waals surface area contributed by atoms with Crippen molar-refractivity contribution in [1.82, 2.24) is 15.0 Å². The molecule has 3 aromatic rings. The van der Waals surface area contributed by atoms with E-state index in [9.17, 15) is 0 Å². The molecule has 0 unspecified atom stereocenters. The lowest BCUT2D eigenvalue weighted by Gasteiger charge is -2.41. The molecule has 0 atom stereocenters. The van der Waals surface area contributed by atoms with Gasteiger partial charge in [-0.3, -0.25) is 0 Å². The van der Waals surface area contributed by atoms with Gasteiger partial charge in [0.2, 0.25) is 0 Å². The molecule has 0 amide bonds. The van der Waals surface area contributed by atoms with Crippen molar-refractivity contribution in [3.05, 3.63) is 54.5 Å². The molecule has 2 aromatic heterocycles. The van der Waals surface area contributed by atoms with Gasteiger partial charge in [0.25, 0.3) is 0 Å². The maximum atomic E-state index is 4.50. The molecule has 4 nitrogen and oxygen atoms in total. The molecule has 4 rings (SSSR count). The lowest BCUT2D eigenvalue weighted by Crippen LogP contribution is -2.43. The van der Waals surface area contributed by atoms with Crippen molar-refractivity contribution in [3.63, 3.8) is 0 Å². The number of hydrogen-bond acceptors (Lipinski definition) is 4. The van der Waals surface area contributed by atoms with Gasteiger partial charge in [-0.15, -0.1) is 0 Å². The van der Waals surface area contributed by atoms with Crippen LogP contribution in [0.3, 0.4) is 0 Å². The van der Waals surface area contributed by atoms with Crippen LogP contribution in [-0.2, 0) is 5.75 Å². The van der Waals surface area contributed by atoms with Gasteiger partial charge in [-0.05, 0) is 36.1 Å². The van der Waals surface area contributed by atoms with Gasteiger partial charge >= 0.3 is 0 Å². The fourth-order valence-electron chi connectivity index (χ4n) is 3.38. The van der Waals surface area contributed by atoms with E-state index in [0.717, 1.165) is 28.5 Å². The Morgan fingerprint density at radius 2 is 2.00 bits per heavy atom. The number of H-pyrrole nitrogens is 1. The summed E-state index contributed by atoms with van der Waals surface area (Å²) >= 11 is 2.05. The summed E-state index contributed by atoms with van der Waals surface area (Å²) in [6.45, 7) is 0. The first-order chi connectivity index (χ1) is 11.8. The van der Waals surface area contributed by atoms with Crippen LogP contribution in [0.15, 0.2) is 48.9 Å². The van der Waals surface area contributed by atoms with Crippen LogP contribution < -0.4 is 4.90 Å². The average molecular weight is 338 g/mol. The Balaban J connectivity index is 1.29. The lowest BCUT2D eigenvalue weighted by atomic mass is 9.81. The number of nitrogens with one attached hydrogen (secondary N) is 1. The zero-order chi connectivity index (χ0) is 16.4. The second-order valence-electron chi connectivity index (χ2n) is 6.54. The van der Waals surface area contributed by atoms with Crippen molar-refractivity contribution in [2.75, 3.05) is 17.7 Å². The molecule has 0 aliphatic heterocycles. The molecule has 1 fully saturated rings. The van der Waals surface area contributed by atoms with Crippen molar-refractivity contribution in [2.45, 2.75) is 24.6 Å². The van der Waals surface area contributed by atoms with Crippen LogP contribution in [0.4, 0.5) is 5.82 Å². The van der Waals surface area contributed by atoms with E-state index in [1.807, 2.05) is 6.20 Å². The fourth-order valence-corrected chi connectivity index (χ4v) is 4.53. The standard InChI is InChI=1S/C19H22N4S/c1-23(19-17-7-8-20-18(17)21-13-22-19)16-9-15(10-16)12-24-11-14-5-3-2-4-6-14/h2-8,13,15-16H,9-12H2,1H3,(H,20,21,22)/t15-,16+. The summed E-state index contributed by atoms with van der Waals surface area (Å²) in [5.41, 5.74) is 2.34. The number of aromatic nitrogens is 3. The summed E-state index contributed by atoms with van der Waals surface area (Å²) in [7, 11) is 2.16. The molecule has 1 N–H and O–H groups in total. The minimum atomic E-state index is 0.598. The van der Waals surface area contributed by atoms with E-state index >= 15 is 0 Å². The Hall–Kier alpha value is -2.01. The van der Waals surface area contributed by atoms with Gasteiger partial charge in [0.15, 0.2) is 0 Å². The molecular formula is C19H22N4S. The minimum Gasteiger partial charge on any atom is -0.356 e. The Kier molecular flexibility index (Phi) is 4.43. The van der Waals surface area contributed by atoms with Crippen LogP contribution in [0.25, 0.3) is 11.0 Å². The molecule has 2 heterocycles. The molecule has 0 spiro atoms. The number of anilines is 1. The monoisotopic (exact) mass is 338 g/mol. The molecule has 0 radical (unpaired) electrons. The molecule has 1 aromatic carbocycles. The summed E-state index contributed by atoms with van der Waals surface area (Å²) in [5, 5.41) is 1.11. The van der Waals surface area contributed by atoms with Crippen molar-refractivity contribution in [2.24, 2.45) is 5.92 Å². The third kappa shape index (κ3) is 3.13. The summed E-state index contributed by atoms with van der Waals surface area (Å²) in [6.07, 6.45) is 6.10. The van der Waals surface area contributed by atoms with E-state index in [2.05, 4.69) is 75.1 Å². The first kappa shape index (κ1) is 15.5. The molecule has 5 heteroatoms. The molecule has 1 saturated carbocycles. The van der Waals surface area contributed by atoms with E-state index in [4.69, 9.17) is 0 Å². The highest BCUT2D eigenvalue weighted by molar-refractivity contribution is 7.98. The highest BCUT2D eigenvalue weighted by atomic mass is 32.2. The number of hydrogen-bond donors (Lipinski definition) is 1. The Morgan fingerprint density at radius 3 is 2.83 bits per heavy atom. The third-order valence-electron chi connectivity index (χ3n) is 4.89. The average Bonchev–Trinajstić information content (AvgIpc) is 3.06. The van der Waals surface area contributed by atoms with Crippen LogP contribution in [0.1, 0.15) is 18.4 Å². The van der Waals surface area contributed by atoms with Crippen molar-refractivity contribution in [3.8, 4) is 0 Å². The predicted octanol–water partition coefficient (Wildman–Crippen LogP) is 4.11. The smallest absolute Gasteiger partial charge is 0.142 e. The van der Waals surface area contributed by atoms with Gasteiger partial charge in [-0.1, -0.05) is 30.3 Å². The number of benzene rings is 1. The largest absolute Gasteiger partial charge is 0.356 e. The lowest BCUT2D eigenvalue weighted by molar-refractivity contribution is 0.286. The molecule has 0 saturated heterocycles.